The minimum Gasteiger partial charge on any atom is -0.359 e. The molecule has 96 valence electrons. The van der Waals surface area contributed by atoms with Crippen LogP contribution >= 0.6 is 0 Å². The molecule has 5 nitrogen and oxygen atoms in total. The Bertz CT molecular complexity index is 471. The quantitative estimate of drug-likeness (QED) is 0.850. The summed E-state index contributed by atoms with van der Waals surface area (Å²) in [7, 11) is 0. The number of hydrogen-bond acceptors (Lipinski definition) is 4. The van der Waals surface area contributed by atoms with Crippen molar-refractivity contribution in [2.45, 2.75) is 39.3 Å². The van der Waals surface area contributed by atoms with Crippen LogP contribution in [-0.4, -0.2) is 22.5 Å². The lowest BCUT2D eigenvalue weighted by molar-refractivity contribution is -0.122. The van der Waals surface area contributed by atoms with Gasteiger partial charge < -0.3 is 10.6 Å². The van der Waals surface area contributed by atoms with Crippen LogP contribution in [0.1, 0.15) is 33.3 Å². The standard InChI is InChI=1S/C13H18N4O/c1-9(12(18)17-13(2,3)4)16-11-7-10(8-14)5-6-15-11/h5-7,9H,1-4H3,(H,15,16)(H,17,18). The molecule has 18 heavy (non-hydrogen) atoms. The van der Waals surface area contributed by atoms with Crippen molar-refractivity contribution in [1.82, 2.24) is 10.3 Å². The van der Waals surface area contributed by atoms with Gasteiger partial charge in [0.25, 0.3) is 0 Å². The summed E-state index contributed by atoms with van der Waals surface area (Å²) in [6.45, 7) is 7.52. The highest BCUT2D eigenvalue weighted by Crippen LogP contribution is 2.08. The Morgan fingerprint density at radius 1 is 1.50 bits per heavy atom. The van der Waals surface area contributed by atoms with Crippen molar-refractivity contribution in [3.63, 3.8) is 0 Å². The van der Waals surface area contributed by atoms with Gasteiger partial charge in [-0.05, 0) is 39.8 Å². The van der Waals surface area contributed by atoms with Gasteiger partial charge in [-0.1, -0.05) is 0 Å². The van der Waals surface area contributed by atoms with Crippen LogP contribution in [0.25, 0.3) is 0 Å². The van der Waals surface area contributed by atoms with Crippen molar-refractivity contribution in [3.8, 4) is 6.07 Å². The molecule has 0 bridgehead atoms. The molecular weight excluding hydrogens is 228 g/mol. The highest BCUT2D eigenvalue weighted by molar-refractivity contribution is 5.84. The third-order valence-electron chi connectivity index (χ3n) is 2.14. The van der Waals surface area contributed by atoms with Crippen LogP contribution in [0.4, 0.5) is 5.82 Å². The minimum absolute atomic E-state index is 0.105. The van der Waals surface area contributed by atoms with Crippen LogP contribution in [0.5, 0.6) is 0 Å². The molecule has 0 aliphatic heterocycles. The third-order valence-corrected chi connectivity index (χ3v) is 2.14. The van der Waals surface area contributed by atoms with E-state index in [2.05, 4.69) is 15.6 Å². The predicted molar refractivity (Wildman–Crippen MR) is 69.9 cm³/mol. The minimum atomic E-state index is -0.411. The second kappa shape index (κ2) is 5.50. The van der Waals surface area contributed by atoms with Gasteiger partial charge in [0.05, 0.1) is 11.6 Å². The number of anilines is 1. The summed E-state index contributed by atoms with van der Waals surface area (Å²) >= 11 is 0. The Labute approximate surface area is 107 Å². The number of nitriles is 1. The highest BCUT2D eigenvalue weighted by Gasteiger charge is 2.19. The molecule has 0 aliphatic rings. The molecular formula is C13H18N4O. The Morgan fingerprint density at radius 3 is 2.72 bits per heavy atom. The smallest absolute Gasteiger partial charge is 0.242 e. The number of nitrogens with one attached hydrogen (secondary N) is 2. The van der Waals surface area contributed by atoms with Crippen LogP contribution in [0.15, 0.2) is 18.3 Å². The zero-order valence-electron chi connectivity index (χ0n) is 11.1. The van der Waals surface area contributed by atoms with E-state index < -0.39 is 6.04 Å². The molecule has 0 spiro atoms. The fourth-order valence-corrected chi connectivity index (χ4v) is 1.34. The summed E-state index contributed by atoms with van der Waals surface area (Å²) in [5.41, 5.74) is 0.241. The van der Waals surface area contributed by atoms with E-state index in [0.717, 1.165) is 0 Å². The number of carbonyl (C=O) groups excluding carboxylic acids is 1. The summed E-state index contributed by atoms with van der Waals surface area (Å²) in [4.78, 5) is 15.9. The molecule has 1 aromatic rings. The van der Waals surface area contributed by atoms with Crippen molar-refractivity contribution in [2.24, 2.45) is 0 Å². The maximum atomic E-state index is 11.9. The Hall–Kier alpha value is -2.09. The Morgan fingerprint density at radius 2 is 2.17 bits per heavy atom. The van der Waals surface area contributed by atoms with Crippen LogP contribution in [0.3, 0.4) is 0 Å². The Balaban J connectivity index is 2.67. The average Bonchev–Trinajstić information content (AvgIpc) is 2.27. The van der Waals surface area contributed by atoms with Crippen molar-refractivity contribution < 1.29 is 4.79 Å². The molecule has 5 heteroatoms. The van der Waals surface area contributed by atoms with E-state index in [-0.39, 0.29) is 11.4 Å². The lowest BCUT2D eigenvalue weighted by Gasteiger charge is -2.23. The number of pyridine rings is 1. The molecule has 0 saturated carbocycles. The van der Waals surface area contributed by atoms with E-state index >= 15 is 0 Å². The van der Waals surface area contributed by atoms with Crippen molar-refractivity contribution in [3.05, 3.63) is 23.9 Å². The fourth-order valence-electron chi connectivity index (χ4n) is 1.34. The zero-order valence-corrected chi connectivity index (χ0v) is 11.1. The van der Waals surface area contributed by atoms with E-state index in [0.29, 0.717) is 11.4 Å². The molecule has 0 saturated heterocycles. The monoisotopic (exact) mass is 246 g/mol. The molecule has 0 radical (unpaired) electrons. The number of rotatable bonds is 3. The molecule has 1 aromatic heterocycles. The van der Waals surface area contributed by atoms with Gasteiger partial charge in [0.2, 0.25) is 5.91 Å². The van der Waals surface area contributed by atoms with Gasteiger partial charge in [-0.25, -0.2) is 4.98 Å². The lowest BCUT2D eigenvalue weighted by atomic mass is 10.1. The zero-order chi connectivity index (χ0) is 13.8. The van der Waals surface area contributed by atoms with Crippen molar-refractivity contribution in [1.29, 1.82) is 5.26 Å². The molecule has 0 aromatic carbocycles. The average molecular weight is 246 g/mol. The predicted octanol–water partition coefficient (Wildman–Crippen LogP) is 1.67. The van der Waals surface area contributed by atoms with Crippen LogP contribution in [-0.2, 0) is 4.79 Å². The molecule has 1 unspecified atom stereocenters. The van der Waals surface area contributed by atoms with E-state index in [4.69, 9.17) is 5.26 Å². The van der Waals surface area contributed by atoms with E-state index in [1.807, 2.05) is 26.8 Å². The van der Waals surface area contributed by atoms with E-state index in [1.165, 1.54) is 6.20 Å². The number of aromatic nitrogens is 1. The molecule has 0 aliphatic carbocycles. The maximum absolute atomic E-state index is 11.9. The molecule has 1 rings (SSSR count). The van der Waals surface area contributed by atoms with Crippen LogP contribution in [0, 0.1) is 11.3 Å². The van der Waals surface area contributed by atoms with Crippen LogP contribution < -0.4 is 10.6 Å². The molecule has 1 atom stereocenters. The first-order valence-electron chi connectivity index (χ1n) is 5.76. The van der Waals surface area contributed by atoms with Gasteiger partial charge >= 0.3 is 0 Å². The maximum Gasteiger partial charge on any atom is 0.242 e. The first kappa shape index (κ1) is 14.0. The molecule has 1 heterocycles. The molecule has 2 N–H and O–H groups in total. The number of carbonyl (C=O) groups is 1. The summed E-state index contributed by atoms with van der Waals surface area (Å²) in [6, 6.07) is 4.84. The summed E-state index contributed by atoms with van der Waals surface area (Å²) in [5, 5.41) is 14.6. The van der Waals surface area contributed by atoms with Gasteiger partial charge in [-0.3, -0.25) is 4.79 Å². The SMILES string of the molecule is CC(Nc1cc(C#N)ccn1)C(=O)NC(C)(C)C. The normalized spacial score (nSPS) is 12.4. The fraction of sp³-hybridized carbons (Fsp3) is 0.462. The largest absolute Gasteiger partial charge is 0.359 e. The third kappa shape index (κ3) is 4.42. The van der Waals surface area contributed by atoms with Crippen molar-refractivity contribution >= 4 is 11.7 Å². The summed E-state index contributed by atoms with van der Waals surface area (Å²) < 4.78 is 0. The Kier molecular flexibility index (Phi) is 4.27. The van der Waals surface area contributed by atoms with Gasteiger partial charge in [0.1, 0.15) is 11.9 Å². The highest BCUT2D eigenvalue weighted by atomic mass is 16.2. The number of nitrogens with zero attached hydrogens (tertiary/aromatic N) is 2. The second-order valence-electron chi connectivity index (χ2n) is 5.15. The summed E-state index contributed by atoms with van der Waals surface area (Å²) in [5.74, 6) is 0.414. The first-order valence-corrected chi connectivity index (χ1v) is 5.76. The van der Waals surface area contributed by atoms with E-state index in [1.54, 1.807) is 19.1 Å². The van der Waals surface area contributed by atoms with Gasteiger partial charge in [-0.2, -0.15) is 5.26 Å². The number of amides is 1. The van der Waals surface area contributed by atoms with Crippen LogP contribution in [0.2, 0.25) is 0 Å². The second-order valence-corrected chi connectivity index (χ2v) is 5.15. The molecule has 1 amide bonds. The van der Waals surface area contributed by atoms with E-state index in [9.17, 15) is 4.79 Å². The lowest BCUT2D eigenvalue weighted by Crippen LogP contribution is -2.47. The number of hydrogen-bond donors (Lipinski definition) is 2. The van der Waals surface area contributed by atoms with Crippen molar-refractivity contribution in [2.75, 3.05) is 5.32 Å². The van der Waals surface area contributed by atoms with Gasteiger partial charge in [0.15, 0.2) is 0 Å². The molecule has 0 fully saturated rings. The van der Waals surface area contributed by atoms with Gasteiger partial charge in [0, 0.05) is 11.7 Å². The summed E-state index contributed by atoms with van der Waals surface area (Å²) in [6.07, 6.45) is 1.54. The first-order chi connectivity index (χ1) is 8.31. The van der Waals surface area contributed by atoms with Gasteiger partial charge in [-0.15, -0.1) is 0 Å². The topological polar surface area (TPSA) is 77.8 Å².